The van der Waals surface area contributed by atoms with Crippen LogP contribution in [0.3, 0.4) is 0 Å². The number of benzene rings is 1. The van der Waals surface area contributed by atoms with Gasteiger partial charge < -0.3 is 15.0 Å². The van der Waals surface area contributed by atoms with Crippen LogP contribution in [0.15, 0.2) is 18.2 Å². The number of hydrogen-bond donors (Lipinski definition) is 1. The zero-order valence-electron chi connectivity index (χ0n) is 14.2. The Hall–Kier alpha value is -2.37. The molecule has 2 heterocycles. The summed E-state index contributed by atoms with van der Waals surface area (Å²) in [6.07, 6.45) is 1.52. The summed E-state index contributed by atoms with van der Waals surface area (Å²) in [6.45, 7) is 6.44. The Morgan fingerprint density at radius 3 is 2.54 bits per heavy atom. The van der Waals surface area contributed by atoms with Crippen molar-refractivity contribution < 1.29 is 19.1 Å². The van der Waals surface area contributed by atoms with Crippen LogP contribution in [0.5, 0.6) is 0 Å². The maximum absolute atomic E-state index is 12.6. The highest BCUT2D eigenvalue weighted by Gasteiger charge is 2.49. The Labute approximate surface area is 141 Å². The molecule has 0 aliphatic carbocycles. The van der Waals surface area contributed by atoms with Crippen molar-refractivity contribution in [2.24, 2.45) is 0 Å². The summed E-state index contributed by atoms with van der Waals surface area (Å²) in [5.41, 5.74) is 1.01. The Kier molecular flexibility index (Phi) is 3.86. The van der Waals surface area contributed by atoms with E-state index in [1.165, 1.54) is 0 Å². The molecule has 0 bridgehead atoms. The van der Waals surface area contributed by atoms with Crippen LogP contribution >= 0.6 is 0 Å². The van der Waals surface area contributed by atoms with Crippen molar-refractivity contribution in [3.63, 3.8) is 0 Å². The molecule has 1 aromatic rings. The topological polar surface area (TPSA) is 75.7 Å². The van der Waals surface area contributed by atoms with Crippen LogP contribution in [-0.2, 0) is 14.9 Å². The average Bonchev–Trinajstić information content (AvgIpc) is 2.78. The fourth-order valence-corrected chi connectivity index (χ4v) is 3.41. The van der Waals surface area contributed by atoms with Gasteiger partial charge in [-0.2, -0.15) is 0 Å². The molecule has 128 valence electrons. The van der Waals surface area contributed by atoms with Gasteiger partial charge >= 0.3 is 6.09 Å². The van der Waals surface area contributed by atoms with E-state index in [-0.39, 0.29) is 12.0 Å². The first kappa shape index (κ1) is 16.5. The van der Waals surface area contributed by atoms with Crippen LogP contribution < -0.4 is 5.32 Å². The SMILES string of the molecule is CC(C)(C)OC(=O)N1CCC2(CC1)C(=O)Nc1cc(C=O)ccc12. The standard InChI is InChI=1S/C18H22N2O4/c1-17(2,3)24-16(23)20-8-6-18(7-9-20)13-5-4-12(11-21)10-14(13)19-15(18)22/h4-5,10-11H,6-9H2,1-3H3,(H,19,22). The monoisotopic (exact) mass is 330 g/mol. The van der Waals surface area contributed by atoms with Crippen molar-refractivity contribution in [2.75, 3.05) is 18.4 Å². The molecule has 2 amide bonds. The minimum absolute atomic E-state index is 0.0515. The van der Waals surface area contributed by atoms with Crippen molar-refractivity contribution >= 4 is 24.0 Å². The fourth-order valence-electron chi connectivity index (χ4n) is 3.41. The molecule has 0 aromatic heterocycles. The van der Waals surface area contributed by atoms with Crippen molar-refractivity contribution in [1.29, 1.82) is 0 Å². The van der Waals surface area contributed by atoms with Gasteiger partial charge in [0, 0.05) is 24.3 Å². The van der Waals surface area contributed by atoms with Gasteiger partial charge in [-0.1, -0.05) is 12.1 Å². The van der Waals surface area contributed by atoms with E-state index in [0.29, 0.717) is 37.2 Å². The second-order valence-corrected chi connectivity index (χ2v) is 7.43. The first-order valence-corrected chi connectivity index (χ1v) is 8.14. The van der Waals surface area contributed by atoms with Crippen LogP contribution in [0, 0.1) is 0 Å². The molecule has 6 heteroatoms. The maximum Gasteiger partial charge on any atom is 0.410 e. The molecule has 0 radical (unpaired) electrons. The van der Waals surface area contributed by atoms with Crippen molar-refractivity contribution in [1.82, 2.24) is 4.90 Å². The molecule has 1 aromatic carbocycles. The first-order valence-electron chi connectivity index (χ1n) is 8.14. The molecule has 1 N–H and O–H groups in total. The third-order valence-corrected chi connectivity index (χ3v) is 4.65. The van der Waals surface area contributed by atoms with E-state index in [0.717, 1.165) is 11.8 Å². The predicted molar refractivity (Wildman–Crippen MR) is 89.2 cm³/mol. The lowest BCUT2D eigenvalue weighted by atomic mass is 9.73. The third kappa shape index (κ3) is 2.77. The number of anilines is 1. The average molecular weight is 330 g/mol. The van der Waals surface area contributed by atoms with Gasteiger partial charge in [-0.15, -0.1) is 0 Å². The van der Waals surface area contributed by atoms with E-state index in [1.54, 1.807) is 17.0 Å². The Morgan fingerprint density at radius 2 is 1.96 bits per heavy atom. The van der Waals surface area contributed by atoms with E-state index >= 15 is 0 Å². The highest BCUT2D eigenvalue weighted by atomic mass is 16.6. The van der Waals surface area contributed by atoms with Crippen molar-refractivity contribution in [3.8, 4) is 0 Å². The van der Waals surface area contributed by atoms with E-state index in [9.17, 15) is 14.4 Å². The van der Waals surface area contributed by atoms with Crippen LogP contribution in [0.2, 0.25) is 0 Å². The number of fused-ring (bicyclic) bond motifs is 2. The number of rotatable bonds is 1. The number of nitrogens with one attached hydrogen (secondary N) is 1. The van der Waals surface area contributed by atoms with Gasteiger partial charge in [-0.05, 0) is 45.2 Å². The molecule has 1 saturated heterocycles. The van der Waals surface area contributed by atoms with Crippen molar-refractivity contribution in [3.05, 3.63) is 29.3 Å². The van der Waals surface area contributed by atoms with Crippen molar-refractivity contribution in [2.45, 2.75) is 44.6 Å². The van der Waals surface area contributed by atoms with Crippen LogP contribution in [0.25, 0.3) is 0 Å². The largest absolute Gasteiger partial charge is 0.444 e. The van der Waals surface area contributed by atoms with E-state index < -0.39 is 11.0 Å². The molecule has 3 rings (SSSR count). The predicted octanol–water partition coefficient (Wildman–Crippen LogP) is 2.72. The molecule has 2 aliphatic heterocycles. The zero-order valence-corrected chi connectivity index (χ0v) is 14.2. The lowest BCUT2D eigenvalue weighted by molar-refractivity contribution is -0.122. The maximum atomic E-state index is 12.6. The van der Waals surface area contributed by atoms with Gasteiger partial charge in [0.05, 0.1) is 5.41 Å². The zero-order chi connectivity index (χ0) is 17.5. The Balaban J connectivity index is 1.78. The Morgan fingerprint density at radius 1 is 1.29 bits per heavy atom. The van der Waals surface area contributed by atoms with Gasteiger partial charge in [0.2, 0.25) is 5.91 Å². The van der Waals surface area contributed by atoms with E-state index in [2.05, 4.69) is 5.32 Å². The number of carbonyl (C=O) groups is 3. The number of aldehydes is 1. The number of hydrogen-bond acceptors (Lipinski definition) is 4. The second-order valence-electron chi connectivity index (χ2n) is 7.43. The normalized spacial score (nSPS) is 19.0. The molecular weight excluding hydrogens is 308 g/mol. The molecule has 24 heavy (non-hydrogen) atoms. The molecule has 2 aliphatic rings. The van der Waals surface area contributed by atoms with Gasteiger partial charge in [-0.3, -0.25) is 9.59 Å². The fraction of sp³-hybridized carbons (Fsp3) is 0.500. The number of nitrogens with zero attached hydrogens (tertiary/aromatic N) is 1. The summed E-state index contributed by atoms with van der Waals surface area (Å²) in [4.78, 5) is 37.3. The van der Waals surface area contributed by atoms with Gasteiger partial charge in [0.25, 0.3) is 0 Å². The van der Waals surface area contributed by atoms with E-state index in [4.69, 9.17) is 4.74 Å². The molecule has 1 spiro atoms. The summed E-state index contributed by atoms with van der Waals surface area (Å²) in [5, 5.41) is 2.88. The van der Waals surface area contributed by atoms with Crippen LogP contribution in [0.1, 0.15) is 49.5 Å². The minimum Gasteiger partial charge on any atom is -0.444 e. The summed E-state index contributed by atoms with van der Waals surface area (Å²) >= 11 is 0. The minimum atomic E-state index is -0.616. The number of amides is 2. The first-order chi connectivity index (χ1) is 11.2. The smallest absolute Gasteiger partial charge is 0.410 e. The lowest BCUT2D eigenvalue weighted by Crippen LogP contribution is -2.49. The van der Waals surface area contributed by atoms with Gasteiger partial charge in [0.1, 0.15) is 11.9 Å². The molecule has 0 saturated carbocycles. The number of ether oxygens (including phenoxy) is 1. The summed E-state index contributed by atoms with van der Waals surface area (Å²) in [5.74, 6) is -0.0515. The van der Waals surface area contributed by atoms with Gasteiger partial charge in [0.15, 0.2) is 0 Å². The van der Waals surface area contributed by atoms with E-state index in [1.807, 2.05) is 26.8 Å². The quantitative estimate of drug-likeness (QED) is 0.803. The van der Waals surface area contributed by atoms with Gasteiger partial charge in [-0.25, -0.2) is 4.79 Å². The highest BCUT2D eigenvalue weighted by Crippen LogP contribution is 2.45. The van der Waals surface area contributed by atoms with Crippen LogP contribution in [-0.4, -0.2) is 41.9 Å². The summed E-state index contributed by atoms with van der Waals surface area (Å²) in [7, 11) is 0. The number of carbonyl (C=O) groups excluding carboxylic acids is 3. The molecule has 1 fully saturated rings. The molecule has 0 unspecified atom stereocenters. The Bertz CT molecular complexity index is 697. The number of piperidine rings is 1. The van der Waals surface area contributed by atoms with Crippen LogP contribution in [0.4, 0.5) is 10.5 Å². The number of likely N-dealkylation sites (tertiary alicyclic amines) is 1. The second kappa shape index (κ2) is 5.61. The molecule has 0 atom stereocenters. The highest BCUT2D eigenvalue weighted by molar-refractivity contribution is 6.07. The lowest BCUT2D eigenvalue weighted by Gasteiger charge is -2.38. The third-order valence-electron chi connectivity index (χ3n) is 4.65. The summed E-state index contributed by atoms with van der Waals surface area (Å²) in [6, 6.07) is 5.28. The molecular formula is C18H22N2O4. The molecule has 6 nitrogen and oxygen atoms in total. The summed E-state index contributed by atoms with van der Waals surface area (Å²) < 4.78 is 5.40.